The molecule has 3 nitrogen and oxygen atoms in total. The van der Waals surface area contributed by atoms with Crippen LogP contribution in [0.1, 0.15) is 12.5 Å². The molecule has 0 spiro atoms. The summed E-state index contributed by atoms with van der Waals surface area (Å²) in [7, 11) is 0. The van der Waals surface area contributed by atoms with Crippen molar-refractivity contribution in [2.75, 3.05) is 0 Å². The van der Waals surface area contributed by atoms with E-state index in [1.165, 1.54) is 0 Å². The van der Waals surface area contributed by atoms with Crippen molar-refractivity contribution in [3.05, 3.63) is 48.0 Å². The van der Waals surface area contributed by atoms with E-state index in [-0.39, 0.29) is 6.61 Å². The van der Waals surface area contributed by atoms with Crippen LogP contribution in [0.5, 0.6) is 0 Å². The van der Waals surface area contributed by atoms with E-state index < -0.39 is 12.1 Å². The second-order valence-electron chi connectivity index (χ2n) is 3.34. The van der Waals surface area contributed by atoms with Crippen molar-refractivity contribution in [1.82, 2.24) is 0 Å². The summed E-state index contributed by atoms with van der Waals surface area (Å²) in [5.74, 6) is -0.661. The maximum atomic E-state index is 11.2. The van der Waals surface area contributed by atoms with Gasteiger partial charge in [0.2, 0.25) is 0 Å². The maximum absolute atomic E-state index is 11.2. The molecular formula is C12H14O3. The van der Waals surface area contributed by atoms with Crippen LogP contribution < -0.4 is 0 Å². The summed E-state index contributed by atoms with van der Waals surface area (Å²) in [6.07, 6.45) is -1.23. The molecule has 0 unspecified atom stereocenters. The first-order valence-electron chi connectivity index (χ1n) is 4.65. The molecule has 0 aliphatic heterocycles. The first-order valence-corrected chi connectivity index (χ1v) is 4.65. The largest absolute Gasteiger partial charge is 0.459 e. The molecule has 1 rings (SSSR count). The van der Waals surface area contributed by atoms with Gasteiger partial charge in [-0.1, -0.05) is 36.9 Å². The number of carbonyl (C=O) groups is 1. The lowest BCUT2D eigenvalue weighted by atomic mass is 10.2. The standard InChI is InChI=1S/C12H14O3/c1-9(2)11(13)12(14)15-8-10-6-4-3-5-7-10/h3-7,11,13H,1,8H2,2H3/t11-/m0/s1. The summed E-state index contributed by atoms with van der Waals surface area (Å²) in [5, 5.41) is 9.30. The molecule has 1 N–H and O–H groups in total. The average Bonchev–Trinajstić information content (AvgIpc) is 2.26. The van der Waals surface area contributed by atoms with E-state index in [1.54, 1.807) is 6.92 Å². The van der Waals surface area contributed by atoms with Crippen molar-refractivity contribution in [3.63, 3.8) is 0 Å². The lowest BCUT2D eigenvalue weighted by molar-refractivity contribution is -0.152. The van der Waals surface area contributed by atoms with Gasteiger partial charge in [0.25, 0.3) is 0 Å². The van der Waals surface area contributed by atoms with Gasteiger partial charge in [0, 0.05) is 0 Å². The van der Waals surface area contributed by atoms with Crippen LogP contribution in [0.25, 0.3) is 0 Å². The van der Waals surface area contributed by atoms with E-state index in [4.69, 9.17) is 4.74 Å². The number of aliphatic hydroxyl groups excluding tert-OH is 1. The number of carbonyl (C=O) groups excluding carboxylic acids is 1. The van der Waals surface area contributed by atoms with Crippen LogP contribution in [-0.4, -0.2) is 17.2 Å². The number of hydrogen-bond acceptors (Lipinski definition) is 3. The van der Waals surface area contributed by atoms with Gasteiger partial charge in [-0.3, -0.25) is 0 Å². The Morgan fingerprint density at radius 1 is 1.47 bits per heavy atom. The zero-order chi connectivity index (χ0) is 11.3. The minimum absolute atomic E-state index is 0.171. The fourth-order valence-corrected chi connectivity index (χ4v) is 1.01. The summed E-state index contributed by atoms with van der Waals surface area (Å²) in [5.41, 5.74) is 1.27. The molecule has 0 saturated heterocycles. The fourth-order valence-electron chi connectivity index (χ4n) is 1.01. The molecule has 0 aliphatic carbocycles. The quantitative estimate of drug-likeness (QED) is 0.602. The second kappa shape index (κ2) is 5.32. The highest BCUT2D eigenvalue weighted by atomic mass is 16.5. The summed E-state index contributed by atoms with van der Waals surface area (Å²) >= 11 is 0. The van der Waals surface area contributed by atoms with Crippen LogP contribution in [0, 0.1) is 0 Å². The van der Waals surface area contributed by atoms with Crippen molar-refractivity contribution in [2.45, 2.75) is 19.6 Å². The summed E-state index contributed by atoms with van der Waals surface area (Å²) in [4.78, 5) is 11.2. The van der Waals surface area contributed by atoms with Crippen LogP contribution in [0.2, 0.25) is 0 Å². The number of hydrogen-bond donors (Lipinski definition) is 1. The van der Waals surface area contributed by atoms with Crippen molar-refractivity contribution >= 4 is 5.97 Å². The van der Waals surface area contributed by atoms with Gasteiger partial charge in [0.15, 0.2) is 6.10 Å². The first kappa shape index (κ1) is 11.5. The van der Waals surface area contributed by atoms with E-state index in [0.29, 0.717) is 5.57 Å². The lowest BCUT2D eigenvalue weighted by Crippen LogP contribution is -2.23. The molecular weight excluding hydrogens is 192 g/mol. The monoisotopic (exact) mass is 206 g/mol. The molecule has 0 heterocycles. The van der Waals surface area contributed by atoms with Crippen LogP contribution in [-0.2, 0) is 16.1 Å². The lowest BCUT2D eigenvalue weighted by Gasteiger charge is -2.09. The third-order valence-corrected chi connectivity index (χ3v) is 1.91. The molecule has 0 saturated carbocycles. The zero-order valence-electron chi connectivity index (χ0n) is 8.64. The summed E-state index contributed by atoms with van der Waals surface area (Å²) < 4.78 is 4.90. The van der Waals surface area contributed by atoms with Crippen LogP contribution in [0.3, 0.4) is 0 Å². The van der Waals surface area contributed by atoms with Crippen LogP contribution in [0.4, 0.5) is 0 Å². The Kier molecular flexibility index (Phi) is 4.06. The number of ether oxygens (including phenoxy) is 1. The van der Waals surface area contributed by atoms with Gasteiger partial charge in [0.05, 0.1) is 0 Å². The maximum Gasteiger partial charge on any atom is 0.339 e. The third kappa shape index (κ3) is 3.56. The minimum atomic E-state index is -1.23. The molecule has 0 amide bonds. The Balaban J connectivity index is 2.44. The Morgan fingerprint density at radius 3 is 2.60 bits per heavy atom. The smallest absolute Gasteiger partial charge is 0.339 e. The molecule has 0 aliphatic rings. The SMILES string of the molecule is C=C(C)[C@H](O)C(=O)OCc1ccccc1. The molecule has 1 aromatic carbocycles. The highest BCUT2D eigenvalue weighted by molar-refractivity contribution is 5.77. The Bertz CT molecular complexity index is 343. The average molecular weight is 206 g/mol. The molecule has 0 fully saturated rings. The molecule has 1 atom stereocenters. The van der Waals surface area contributed by atoms with E-state index in [2.05, 4.69) is 6.58 Å². The number of benzene rings is 1. The zero-order valence-corrected chi connectivity index (χ0v) is 8.64. The first-order chi connectivity index (χ1) is 7.11. The van der Waals surface area contributed by atoms with Crippen molar-refractivity contribution < 1.29 is 14.6 Å². The minimum Gasteiger partial charge on any atom is -0.459 e. The molecule has 80 valence electrons. The normalized spacial score (nSPS) is 11.9. The highest BCUT2D eigenvalue weighted by Gasteiger charge is 2.16. The molecule has 1 aromatic rings. The van der Waals surface area contributed by atoms with Gasteiger partial charge in [0.1, 0.15) is 6.61 Å². The predicted molar refractivity (Wildman–Crippen MR) is 57.1 cm³/mol. The third-order valence-electron chi connectivity index (χ3n) is 1.91. The molecule has 0 bridgehead atoms. The van der Waals surface area contributed by atoms with Gasteiger partial charge in [-0.15, -0.1) is 0 Å². The topological polar surface area (TPSA) is 46.5 Å². The van der Waals surface area contributed by atoms with E-state index in [0.717, 1.165) is 5.56 Å². The molecule has 3 heteroatoms. The van der Waals surface area contributed by atoms with E-state index in [1.807, 2.05) is 30.3 Å². The van der Waals surface area contributed by atoms with Crippen LogP contribution >= 0.6 is 0 Å². The van der Waals surface area contributed by atoms with Crippen molar-refractivity contribution in [1.29, 1.82) is 0 Å². The predicted octanol–water partition coefficient (Wildman–Crippen LogP) is 1.67. The number of aliphatic hydroxyl groups is 1. The Morgan fingerprint density at radius 2 is 2.07 bits per heavy atom. The van der Waals surface area contributed by atoms with E-state index in [9.17, 15) is 9.90 Å². The van der Waals surface area contributed by atoms with Crippen molar-refractivity contribution in [2.24, 2.45) is 0 Å². The highest BCUT2D eigenvalue weighted by Crippen LogP contribution is 2.04. The fraction of sp³-hybridized carbons (Fsp3) is 0.250. The number of esters is 1. The summed E-state index contributed by atoms with van der Waals surface area (Å²) in [6, 6.07) is 9.30. The van der Waals surface area contributed by atoms with Gasteiger partial charge in [-0.25, -0.2) is 4.79 Å². The van der Waals surface area contributed by atoms with Gasteiger partial charge in [-0.2, -0.15) is 0 Å². The molecule has 0 aromatic heterocycles. The molecule has 0 radical (unpaired) electrons. The van der Waals surface area contributed by atoms with Gasteiger partial charge >= 0.3 is 5.97 Å². The Labute approximate surface area is 89.0 Å². The van der Waals surface area contributed by atoms with Gasteiger partial charge < -0.3 is 9.84 Å². The second-order valence-corrected chi connectivity index (χ2v) is 3.34. The molecule has 15 heavy (non-hydrogen) atoms. The summed E-state index contributed by atoms with van der Waals surface area (Å²) in [6.45, 7) is 5.23. The number of rotatable bonds is 4. The van der Waals surface area contributed by atoms with E-state index >= 15 is 0 Å². The van der Waals surface area contributed by atoms with Crippen molar-refractivity contribution in [3.8, 4) is 0 Å². The van der Waals surface area contributed by atoms with Gasteiger partial charge in [-0.05, 0) is 18.1 Å². The van der Waals surface area contributed by atoms with Crippen LogP contribution in [0.15, 0.2) is 42.5 Å². The Hall–Kier alpha value is -1.61.